The van der Waals surface area contributed by atoms with Crippen molar-refractivity contribution in [1.29, 1.82) is 0 Å². The van der Waals surface area contributed by atoms with Crippen LogP contribution in [-0.2, 0) is 35.8 Å². The molecular formula is C92H70Cl3F4N9O7. The van der Waals surface area contributed by atoms with Crippen molar-refractivity contribution in [3.05, 3.63) is 347 Å². The number of aromatic nitrogens is 8. The molecule has 9 aromatic carbocycles. The average Bonchev–Trinajstić information content (AvgIpc) is 1.61. The highest BCUT2D eigenvalue weighted by Gasteiger charge is 2.31. The van der Waals surface area contributed by atoms with E-state index in [4.69, 9.17) is 40.5 Å². The van der Waals surface area contributed by atoms with E-state index < -0.39 is 11.6 Å². The molecule has 0 atom stereocenters. The van der Waals surface area contributed by atoms with Gasteiger partial charge >= 0.3 is 0 Å². The van der Waals surface area contributed by atoms with Gasteiger partial charge in [-0.25, -0.2) is 17.6 Å². The maximum Gasteiger partial charge on any atom is 0.255 e. The number of hydrogen-bond donors (Lipinski definition) is 3. The highest BCUT2D eigenvalue weighted by Crippen LogP contribution is 2.42. The summed E-state index contributed by atoms with van der Waals surface area (Å²) in [4.78, 5) is 91.2. The summed E-state index contributed by atoms with van der Waals surface area (Å²) in [7, 11) is 0. The van der Waals surface area contributed by atoms with Crippen LogP contribution >= 0.6 is 34.8 Å². The van der Waals surface area contributed by atoms with Crippen LogP contribution in [0.1, 0.15) is 121 Å². The van der Waals surface area contributed by atoms with Gasteiger partial charge in [0.15, 0.2) is 34.7 Å². The molecule has 6 heterocycles. The van der Waals surface area contributed by atoms with Crippen molar-refractivity contribution in [3.63, 3.8) is 0 Å². The molecule has 0 amide bonds. The van der Waals surface area contributed by atoms with Crippen molar-refractivity contribution < 1.29 is 46.3 Å². The SMILES string of the molecule is CC(=O)c1c(-c2ccc[nH]c2=O)c2cc(C)ccc2n1Cc1cc(F)ccc1F.CC(=O)c1c(-c2ccccc2F)c2cc(Cl)ccc2n1Cc1cccc(N)c1.CC(=O)c1c(C2=CC=CCC2=O)c2cc(Cl)ccc2n1Cc1ccc(F)cc1.CC(=O)c1c(C2=CC=CCC2=O)c2cc(Cl)ccc2n1Cc1ccc2n[nH]nc2c1. The molecule has 0 saturated carbocycles. The summed E-state index contributed by atoms with van der Waals surface area (Å²) in [6.45, 7) is 9.06. The zero-order chi connectivity index (χ0) is 81.2. The zero-order valence-corrected chi connectivity index (χ0v) is 64.8. The summed E-state index contributed by atoms with van der Waals surface area (Å²) in [5.41, 5.74) is 20.6. The van der Waals surface area contributed by atoms with Crippen LogP contribution in [0.4, 0.5) is 23.2 Å². The lowest BCUT2D eigenvalue weighted by Gasteiger charge is -2.12. The van der Waals surface area contributed by atoms with Gasteiger partial charge in [0.25, 0.3) is 5.56 Å². The second-order valence-electron chi connectivity index (χ2n) is 27.9. The van der Waals surface area contributed by atoms with Crippen LogP contribution in [0.15, 0.2) is 242 Å². The molecule has 17 rings (SSSR count). The Kier molecular flexibility index (Phi) is 22.7. The summed E-state index contributed by atoms with van der Waals surface area (Å²) in [6, 6.07) is 54.4. The predicted molar refractivity (Wildman–Crippen MR) is 446 cm³/mol. The molecule has 0 radical (unpaired) electrons. The van der Waals surface area contributed by atoms with Gasteiger partial charge < -0.3 is 29.0 Å². The summed E-state index contributed by atoms with van der Waals surface area (Å²) in [5, 5.41) is 15.5. The number of benzene rings is 9. The number of ketones is 6. The van der Waals surface area contributed by atoms with Crippen LogP contribution in [-0.4, -0.2) is 73.4 Å². The summed E-state index contributed by atoms with van der Waals surface area (Å²) >= 11 is 18.8. The molecule has 0 aliphatic heterocycles. The number of nitrogen functional groups attached to an aromatic ring is 1. The van der Waals surface area contributed by atoms with Gasteiger partial charge in [-0.2, -0.15) is 15.4 Å². The Bertz CT molecular complexity index is 6710. The fraction of sp³-hybridized carbons (Fsp3) is 0.120. The number of hydrogen-bond acceptors (Lipinski definition) is 10. The highest BCUT2D eigenvalue weighted by atomic mass is 35.5. The van der Waals surface area contributed by atoms with Crippen LogP contribution in [0.5, 0.6) is 0 Å². The van der Waals surface area contributed by atoms with E-state index in [0.29, 0.717) is 126 Å². The average molecular weight is 1600 g/mol. The standard InChI is InChI=1S/C23H18ClFN2O.C23H17ClFNO2.C23H17ClN4O2.C23H18F2N2O2/c1-14(28)23-22(18-7-2-3-8-20(18)25)19-12-16(24)9-10-21(19)27(23)13-15-5-4-6-17(26)11-15;1-14(27)23-22(18-4-2-3-5-21(18)28)19-12-16(24)8-11-20(19)26(23)13-15-6-9-17(25)10-7-15;1-13(29)23-22(16-4-2-3-5-21(16)30)17-11-15(24)7-9-20(17)28(23)12-14-6-8-18-19(10-14)26-27-25-18;1-13-5-8-20-18(10-13)21(17-4-3-9-26-23(17)29)22(14(2)28)27(20)12-15-11-16(24)6-7-19(15)25/h2-12H,13,26H2,1H3;2-4,6-12H,5,13H2,1H3;2-4,6-11H,5,12H2,1H3,(H,25,26,27);3-11H,12H2,1-2H3,(H,26,29). The number of H-pyrrole nitrogens is 2. The number of anilines is 1. The van der Waals surface area contributed by atoms with Crippen molar-refractivity contribution >= 4 is 141 Å². The van der Waals surface area contributed by atoms with E-state index in [0.717, 1.165) is 84.2 Å². The van der Waals surface area contributed by atoms with E-state index in [1.54, 1.807) is 95.6 Å². The number of Topliss-reactive ketones (excluding diaryl/α,β-unsaturated/α-hetero) is 6. The largest absolute Gasteiger partial charge is 0.399 e. The Morgan fingerprint density at radius 3 is 1.43 bits per heavy atom. The Labute approximate surface area is 670 Å². The van der Waals surface area contributed by atoms with Gasteiger partial charge in [-0.15, -0.1) is 0 Å². The van der Waals surface area contributed by atoms with Crippen LogP contribution in [0.2, 0.25) is 15.1 Å². The number of nitrogens with two attached hydrogens (primary N) is 1. The number of nitrogens with one attached hydrogen (secondary N) is 2. The number of aromatic amines is 2. The van der Waals surface area contributed by atoms with Gasteiger partial charge in [-0.1, -0.05) is 131 Å². The van der Waals surface area contributed by atoms with Crippen molar-refractivity contribution in [2.45, 2.75) is 73.6 Å². The number of allylic oxidation sites excluding steroid dienone is 8. The fourth-order valence-electron chi connectivity index (χ4n) is 15.1. The molecule has 2 aliphatic carbocycles. The number of aryl methyl sites for hydroxylation is 1. The Hall–Kier alpha value is -13.1. The summed E-state index contributed by atoms with van der Waals surface area (Å²) in [6.07, 6.45) is 13.0. The lowest BCUT2D eigenvalue weighted by Crippen LogP contribution is -2.13. The lowest BCUT2D eigenvalue weighted by molar-refractivity contribution is -0.113. The minimum Gasteiger partial charge on any atom is -0.399 e. The van der Waals surface area contributed by atoms with Crippen molar-refractivity contribution in [2.75, 3.05) is 5.73 Å². The van der Waals surface area contributed by atoms with Gasteiger partial charge in [0.05, 0.1) is 29.3 Å². The Morgan fingerprint density at radius 2 is 0.896 bits per heavy atom. The molecule has 0 saturated heterocycles. The molecule has 574 valence electrons. The smallest absolute Gasteiger partial charge is 0.255 e. The van der Waals surface area contributed by atoms with Crippen LogP contribution in [0.3, 0.4) is 0 Å². The topological polar surface area (TPSA) is 223 Å². The molecule has 2 aliphatic rings. The molecule has 16 nitrogen and oxygen atoms in total. The van der Waals surface area contributed by atoms with E-state index in [-0.39, 0.29) is 69.7 Å². The minimum atomic E-state index is -0.561. The maximum absolute atomic E-state index is 14.7. The van der Waals surface area contributed by atoms with Crippen molar-refractivity contribution in [1.82, 2.24) is 38.7 Å². The predicted octanol–water partition coefficient (Wildman–Crippen LogP) is 21.1. The molecule has 115 heavy (non-hydrogen) atoms. The van der Waals surface area contributed by atoms with Gasteiger partial charge in [-0.05, 0) is 163 Å². The lowest BCUT2D eigenvalue weighted by atomic mass is 9.93. The Morgan fingerprint density at radius 1 is 0.435 bits per heavy atom. The van der Waals surface area contributed by atoms with E-state index in [1.165, 1.54) is 52.1 Å². The summed E-state index contributed by atoms with van der Waals surface area (Å²) in [5.74, 6) is -2.53. The molecule has 0 bridgehead atoms. The third-order valence-corrected chi connectivity index (χ3v) is 20.7. The number of rotatable bonds is 16. The van der Waals surface area contributed by atoms with E-state index in [2.05, 4.69) is 20.4 Å². The molecule has 0 spiro atoms. The van der Waals surface area contributed by atoms with Gasteiger partial charge in [0, 0.05) is 181 Å². The number of pyridine rings is 1. The molecule has 4 N–H and O–H groups in total. The Balaban J connectivity index is 0.000000127. The molecule has 6 aromatic heterocycles. The third kappa shape index (κ3) is 16.2. The van der Waals surface area contributed by atoms with E-state index >= 15 is 0 Å². The molecule has 0 unspecified atom stereocenters. The quantitative estimate of drug-likeness (QED) is 0.0471. The van der Waals surface area contributed by atoms with Gasteiger partial charge in [-0.3, -0.25) is 33.6 Å². The van der Waals surface area contributed by atoms with Crippen LogP contribution in [0.25, 0.3) is 88.0 Å². The second-order valence-corrected chi connectivity index (χ2v) is 29.2. The first-order valence-corrected chi connectivity index (χ1v) is 37.6. The van der Waals surface area contributed by atoms with Gasteiger partial charge in [0.2, 0.25) is 0 Å². The number of nitrogens with zero attached hydrogens (tertiary/aromatic N) is 6. The summed E-state index contributed by atoms with van der Waals surface area (Å²) < 4.78 is 63.4. The van der Waals surface area contributed by atoms with Crippen LogP contribution < -0.4 is 11.3 Å². The van der Waals surface area contributed by atoms with Gasteiger partial charge in [0.1, 0.15) is 34.3 Å². The second kappa shape index (κ2) is 33.3. The first-order valence-electron chi connectivity index (χ1n) is 36.5. The molecule has 23 heteroatoms. The number of fused-ring (bicyclic) bond motifs is 5. The maximum atomic E-state index is 14.7. The number of halogens is 7. The third-order valence-electron chi connectivity index (χ3n) is 20.0. The minimum absolute atomic E-state index is 0.0111. The van der Waals surface area contributed by atoms with E-state index in [9.17, 15) is 51.1 Å². The molecule has 0 fully saturated rings. The first-order chi connectivity index (χ1) is 55.3. The van der Waals surface area contributed by atoms with Crippen molar-refractivity contribution in [2.24, 2.45) is 0 Å². The number of carbonyl (C=O) groups excluding carboxylic acids is 6. The van der Waals surface area contributed by atoms with Crippen molar-refractivity contribution in [3.8, 4) is 22.3 Å². The van der Waals surface area contributed by atoms with E-state index in [1.807, 2.05) is 124 Å². The highest BCUT2D eigenvalue weighted by molar-refractivity contribution is 6.34. The normalized spacial score (nSPS) is 12.5. The molecular weight excluding hydrogens is 1530 g/mol. The first kappa shape index (κ1) is 78.5. The fourth-order valence-corrected chi connectivity index (χ4v) is 15.6. The number of carbonyl (C=O) groups is 6. The monoisotopic (exact) mass is 1590 g/mol. The molecule has 15 aromatic rings. The van der Waals surface area contributed by atoms with Crippen LogP contribution in [0, 0.1) is 30.2 Å². The zero-order valence-electron chi connectivity index (χ0n) is 62.5.